The fourth-order valence-electron chi connectivity index (χ4n) is 6.03. The van der Waals surface area contributed by atoms with Crippen molar-refractivity contribution in [2.24, 2.45) is 0 Å². The van der Waals surface area contributed by atoms with Crippen LogP contribution in [0.2, 0.25) is 0 Å². The maximum atomic E-state index is 13.0. The minimum atomic E-state index is -0.449. The molecule has 0 aromatic heterocycles. The van der Waals surface area contributed by atoms with Gasteiger partial charge in [-0.15, -0.1) is 0 Å². The first-order chi connectivity index (χ1) is 21.3. The lowest BCUT2D eigenvalue weighted by molar-refractivity contribution is -0.872. The van der Waals surface area contributed by atoms with Crippen LogP contribution < -0.4 is 0 Å². The molecule has 0 rings (SSSR count). The van der Waals surface area contributed by atoms with Crippen LogP contribution in [0, 0.1) is 0 Å². The number of rotatable bonds is 36. The van der Waals surface area contributed by atoms with Crippen LogP contribution in [-0.4, -0.2) is 49.6 Å². The zero-order valence-electron chi connectivity index (χ0n) is 30.7. The first kappa shape index (κ1) is 43.7. The highest BCUT2D eigenvalue weighted by atomic mass is 31.1. The monoisotopic (exact) mass is 641 g/mol. The van der Waals surface area contributed by atoms with E-state index in [2.05, 4.69) is 35.0 Å². The molecule has 2 unspecified atom stereocenters. The van der Waals surface area contributed by atoms with Crippen molar-refractivity contribution in [3.8, 4) is 0 Å². The summed E-state index contributed by atoms with van der Waals surface area (Å²) in [5.74, 6) is 0.189. The van der Waals surface area contributed by atoms with Crippen molar-refractivity contribution in [3.05, 3.63) is 0 Å². The number of nitrogens with zero attached hydrogens (tertiary/aromatic N) is 1. The molecule has 0 aliphatic heterocycles. The number of carbonyl (C=O) groups is 2. The predicted molar refractivity (Wildman–Crippen MR) is 196 cm³/mol. The summed E-state index contributed by atoms with van der Waals surface area (Å²) in [7, 11) is 6.09. The number of hydrogen-bond donors (Lipinski definition) is 0. The topological polar surface area (TPSA) is 43.4 Å². The number of quaternary nitrogens is 1. The predicted octanol–water partition coefficient (Wildman–Crippen LogP) is 12.5. The van der Waals surface area contributed by atoms with Crippen LogP contribution in [0.1, 0.15) is 206 Å². The van der Waals surface area contributed by atoms with Gasteiger partial charge in [0.1, 0.15) is 6.54 Å². The SMILES string of the molecule is CCCCCCCCCCCCCCCCCC(=O)C(C[N+](C)(C)C)OPC(=O)CCCCCCCCCCCCCCC. The Morgan fingerprint density at radius 3 is 1.09 bits per heavy atom. The summed E-state index contributed by atoms with van der Waals surface area (Å²) in [6.45, 7) is 5.19. The van der Waals surface area contributed by atoms with Gasteiger partial charge < -0.3 is 9.01 Å². The Morgan fingerprint density at radius 1 is 0.477 bits per heavy atom. The number of likely N-dealkylation sites (N-methyl/N-ethyl adjacent to an activating group) is 1. The fraction of sp³-hybridized carbons (Fsp3) is 0.949. The number of carbonyl (C=O) groups excluding carboxylic acids is 2. The molecular formula is C39H79NO3P+. The van der Waals surface area contributed by atoms with E-state index in [1.54, 1.807) is 0 Å². The van der Waals surface area contributed by atoms with Crippen molar-refractivity contribution in [1.29, 1.82) is 0 Å². The minimum Gasteiger partial charge on any atom is -0.338 e. The summed E-state index contributed by atoms with van der Waals surface area (Å²) in [6.07, 6.45) is 37.7. The van der Waals surface area contributed by atoms with Crippen LogP contribution in [-0.2, 0) is 14.1 Å². The number of Topliss-reactive ketones (excluding diaryl/α,β-unsaturated/α-hetero) is 1. The molecular weight excluding hydrogens is 561 g/mol. The van der Waals surface area contributed by atoms with E-state index >= 15 is 0 Å². The van der Waals surface area contributed by atoms with Crippen LogP contribution in [0.15, 0.2) is 0 Å². The molecule has 0 amide bonds. The van der Waals surface area contributed by atoms with E-state index in [9.17, 15) is 9.59 Å². The van der Waals surface area contributed by atoms with Gasteiger partial charge in [-0.3, -0.25) is 9.59 Å². The van der Waals surface area contributed by atoms with Gasteiger partial charge in [-0.1, -0.05) is 181 Å². The van der Waals surface area contributed by atoms with Gasteiger partial charge in [-0.2, -0.15) is 0 Å². The maximum absolute atomic E-state index is 13.0. The van der Waals surface area contributed by atoms with Crippen LogP contribution in [0.4, 0.5) is 0 Å². The van der Waals surface area contributed by atoms with E-state index in [0.717, 1.165) is 25.7 Å². The van der Waals surface area contributed by atoms with Crippen molar-refractivity contribution in [3.63, 3.8) is 0 Å². The molecule has 0 aliphatic carbocycles. The molecule has 0 fully saturated rings. The Labute approximate surface area is 278 Å². The lowest BCUT2D eigenvalue weighted by atomic mass is 10.0. The van der Waals surface area contributed by atoms with Gasteiger partial charge in [-0.05, 0) is 12.8 Å². The highest BCUT2D eigenvalue weighted by Gasteiger charge is 2.26. The molecule has 0 saturated carbocycles. The molecule has 0 N–H and O–H groups in total. The molecule has 5 heteroatoms. The quantitative estimate of drug-likeness (QED) is 0.0389. The first-order valence-corrected chi connectivity index (χ1v) is 20.5. The van der Waals surface area contributed by atoms with Crippen LogP contribution >= 0.6 is 8.81 Å². The second-order valence-electron chi connectivity index (χ2n) is 14.8. The molecule has 0 aromatic carbocycles. The zero-order valence-corrected chi connectivity index (χ0v) is 31.7. The zero-order chi connectivity index (χ0) is 32.6. The van der Waals surface area contributed by atoms with Gasteiger partial charge in [-0.25, -0.2) is 0 Å². The second kappa shape index (κ2) is 32.6. The van der Waals surface area contributed by atoms with E-state index in [0.29, 0.717) is 23.9 Å². The van der Waals surface area contributed by atoms with Crippen LogP contribution in [0.5, 0.6) is 0 Å². The molecule has 0 radical (unpaired) electrons. The number of ketones is 1. The Kier molecular flexibility index (Phi) is 32.4. The van der Waals surface area contributed by atoms with E-state index in [-0.39, 0.29) is 20.1 Å². The largest absolute Gasteiger partial charge is 0.338 e. The highest BCUT2D eigenvalue weighted by Crippen LogP contribution is 2.24. The van der Waals surface area contributed by atoms with E-state index < -0.39 is 6.10 Å². The van der Waals surface area contributed by atoms with Crippen molar-refractivity contribution < 1.29 is 18.6 Å². The number of hydrogen-bond acceptors (Lipinski definition) is 3. The lowest BCUT2D eigenvalue weighted by Gasteiger charge is -2.28. The molecule has 0 spiro atoms. The fourth-order valence-corrected chi connectivity index (χ4v) is 6.78. The summed E-state index contributed by atoms with van der Waals surface area (Å²) in [5.41, 5.74) is 0.180. The average Bonchev–Trinajstić information content (AvgIpc) is 2.98. The summed E-state index contributed by atoms with van der Waals surface area (Å²) >= 11 is 0. The standard InChI is InChI=1S/C39H79NO3P/c1-6-8-10-12-14-16-18-20-21-23-24-26-28-30-32-34-37(41)38(36-40(3,4)5)43-44-39(42)35-33-31-29-27-25-22-19-17-15-13-11-9-7-2/h38,44H,6-36H2,1-5H3/q+1. The Bertz CT molecular complexity index is 633. The normalized spacial score (nSPS) is 12.8. The Hall–Kier alpha value is -0.310. The van der Waals surface area contributed by atoms with Gasteiger partial charge in [0.2, 0.25) is 0 Å². The van der Waals surface area contributed by atoms with Crippen LogP contribution in [0.25, 0.3) is 0 Å². The molecule has 4 nitrogen and oxygen atoms in total. The third kappa shape index (κ3) is 33.1. The summed E-state index contributed by atoms with van der Waals surface area (Å²) < 4.78 is 6.67. The van der Waals surface area contributed by atoms with E-state index in [1.165, 1.54) is 154 Å². The third-order valence-corrected chi connectivity index (χ3v) is 9.80. The van der Waals surface area contributed by atoms with Gasteiger partial charge >= 0.3 is 0 Å². The second-order valence-corrected chi connectivity index (χ2v) is 15.8. The summed E-state index contributed by atoms with van der Waals surface area (Å²) in [6, 6.07) is 0. The Morgan fingerprint density at radius 2 is 0.773 bits per heavy atom. The summed E-state index contributed by atoms with van der Waals surface area (Å²) in [4.78, 5) is 25.5. The molecule has 0 aliphatic rings. The first-order valence-electron chi connectivity index (χ1n) is 19.6. The highest BCUT2D eigenvalue weighted by molar-refractivity contribution is 7.53. The molecule has 44 heavy (non-hydrogen) atoms. The molecule has 0 bridgehead atoms. The van der Waals surface area contributed by atoms with E-state index in [1.807, 2.05) is 0 Å². The lowest BCUT2D eigenvalue weighted by Crippen LogP contribution is -2.44. The minimum absolute atomic E-state index is 0.180. The molecule has 2 atom stereocenters. The molecule has 0 saturated heterocycles. The van der Waals surface area contributed by atoms with Gasteiger partial charge in [0.15, 0.2) is 17.4 Å². The van der Waals surface area contributed by atoms with Gasteiger partial charge in [0.05, 0.1) is 30.0 Å². The van der Waals surface area contributed by atoms with Crippen LogP contribution in [0.3, 0.4) is 0 Å². The number of unbranched alkanes of at least 4 members (excludes halogenated alkanes) is 26. The Balaban J connectivity index is 3.85. The van der Waals surface area contributed by atoms with E-state index in [4.69, 9.17) is 4.52 Å². The van der Waals surface area contributed by atoms with Crippen molar-refractivity contribution in [2.75, 3.05) is 27.7 Å². The average molecular weight is 641 g/mol. The summed E-state index contributed by atoms with van der Waals surface area (Å²) in [5, 5.41) is 0. The van der Waals surface area contributed by atoms with Crippen molar-refractivity contribution >= 4 is 20.1 Å². The molecule has 262 valence electrons. The van der Waals surface area contributed by atoms with Crippen molar-refractivity contribution in [2.45, 2.75) is 213 Å². The molecule has 0 heterocycles. The van der Waals surface area contributed by atoms with Gasteiger partial charge in [0, 0.05) is 12.8 Å². The smallest absolute Gasteiger partial charge is 0.178 e. The van der Waals surface area contributed by atoms with Gasteiger partial charge in [0.25, 0.3) is 0 Å². The molecule has 0 aromatic rings. The van der Waals surface area contributed by atoms with Crippen molar-refractivity contribution in [1.82, 2.24) is 0 Å². The maximum Gasteiger partial charge on any atom is 0.178 e. The third-order valence-electron chi connectivity index (χ3n) is 8.92.